The van der Waals surface area contributed by atoms with Crippen molar-refractivity contribution in [2.45, 2.75) is 31.7 Å². The molecule has 29 heavy (non-hydrogen) atoms. The number of benzene rings is 1. The molecule has 0 unspecified atom stereocenters. The Morgan fingerprint density at radius 2 is 1.97 bits per heavy atom. The summed E-state index contributed by atoms with van der Waals surface area (Å²) in [7, 11) is 2.94. The van der Waals surface area contributed by atoms with E-state index in [1.165, 1.54) is 18.9 Å². The van der Waals surface area contributed by atoms with E-state index in [9.17, 15) is 4.79 Å². The predicted molar refractivity (Wildman–Crippen MR) is 118 cm³/mol. The first-order valence-electron chi connectivity index (χ1n) is 9.00. The Morgan fingerprint density at radius 1 is 1.24 bits per heavy atom. The quantitative estimate of drug-likeness (QED) is 0.364. The summed E-state index contributed by atoms with van der Waals surface area (Å²) < 4.78 is 16.1. The number of nitrogens with zero attached hydrogens (tertiary/aromatic N) is 1. The molecule has 0 atom stereocenters. The van der Waals surface area contributed by atoms with Gasteiger partial charge in [-0.2, -0.15) is 0 Å². The number of hydrogen-bond acceptors (Lipinski definition) is 7. The lowest BCUT2D eigenvalue weighted by Crippen LogP contribution is -2.16. The first kappa shape index (κ1) is 23.4. The summed E-state index contributed by atoms with van der Waals surface area (Å²) in [4.78, 5) is 15.9. The molecule has 0 aliphatic carbocycles. The number of thioether (sulfide) groups is 1. The van der Waals surface area contributed by atoms with Crippen molar-refractivity contribution >= 4 is 46.8 Å². The van der Waals surface area contributed by atoms with Crippen molar-refractivity contribution in [3.8, 4) is 17.2 Å². The number of hydrogen-bond donors (Lipinski definition) is 1. The minimum absolute atomic E-state index is 0.0828. The molecule has 1 heterocycles. The van der Waals surface area contributed by atoms with Crippen LogP contribution in [0, 0.1) is 0 Å². The van der Waals surface area contributed by atoms with Gasteiger partial charge in [0.15, 0.2) is 11.6 Å². The van der Waals surface area contributed by atoms with Gasteiger partial charge in [-0.15, -0.1) is 11.8 Å². The van der Waals surface area contributed by atoms with Crippen LogP contribution in [0.5, 0.6) is 17.2 Å². The zero-order chi connectivity index (χ0) is 21.6. The van der Waals surface area contributed by atoms with Crippen LogP contribution in [-0.2, 0) is 9.53 Å². The summed E-state index contributed by atoms with van der Waals surface area (Å²) in [6, 6.07) is 5.52. The highest BCUT2D eigenvalue weighted by molar-refractivity contribution is 7.99. The zero-order valence-electron chi connectivity index (χ0n) is 17.0. The number of anilines is 1. The molecular formula is C20H24Cl2N2O4S. The molecule has 6 nitrogen and oxygen atoms in total. The molecule has 2 rings (SSSR count). The van der Waals surface area contributed by atoms with Gasteiger partial charge in [-0.3, -0.25) is 4.79 Å². The molecule has 2 aromatic rings. The smallest absolute Gasteiger partial charge is 0.325 e. The third kappa shape index (κ3) is 5.84. The standard InChI is InChI=1S/C20H24Cl2N2O4S/c1-6-29-20-17(22)18(16(21)19(24-20)23-10-15(25)27-5)28-12-7-8-14(26-4)13(9-12)11(2)3/h7-9,11H,6,10H2,1-5H3,(H,23,24). The average Bonchev–Trinajstić information content (AvgIpc) is 2.71. The number of methoxy groups -OCH3 is 2. The third-order valence-electron chi connectivity index (χ3n) is 3.96. The van der Waals surface area contributed by atoms with Crippen LogP contribution in [0.1, 0.15) is 32.3 Å². The lowest BCUT2D eigenvalue weighted by molar-refractivity contribution is -0.138. The molecule has 158 valence electrons. The summed E-state index contributed by atoms with van der Waals surface area (Å²) >= 11 is 14.5. The Bertz CT molecular complexity index is 878. The second-order valence-corrected chi connectivity index (χ2v) is 8.25. The van der Waals surface area contributed by atoms with Crippen LogP contribution in [0.4, 0.5) is 5.82 Å². The molecule has 1 aromatic heterocycles. The summed E-state index contributed by atoms with van der Waals surface area (Å²) in [6.45, 7) is 6.04. The van der Waals surface area contributed by atoms with Gasteiger partial charge < -0.3 is 19.5 Å². The van der Waals surface area contributed by atoms with Gasteiger partial charge in [-0.25, -0.2) is 4.98 Å². The van der Waals surface area contributed by atoms with E-state index >= 15 is 0 Å². The molecule has 0 aliphatic heterocycles. The van der Waals surface area contributed by atoms with Crippen molar-refractivity contribution < 1.29 is 19.0 Å². The molecule has 0 saturated carbocycles. The molecular weight excluding hydrogens is 435 g/mol. The second kappa shape index (κ2) is 10.8. The van der Waals surface area contributed by atoms with Gasteiger partial charge in [-0.1, -0.05) is 44.0 Å². The van der Waals surface area contributed by atoms with Crippen LogP contribution in [0.25, 0.3) is 0 Å². The second-order valence-electron chi connectivity index (χ2n) is 6.25. The van der Waals surface area contributed by atoms with E-state index in [0.29, 0.717) is 21.6 Å². The maximum Gasteiger partial charge on any atom is 0.325 e. The monoisotopic (exact) mass is 458 g/mol. The number of rotatable bonds is 9. The van der Waals surface area contributed by atoms with Crippen LogP contribution in [-0.4, -0.2) is 37.5 Å². The molecule has 0 saturated heterocycles. The number of esters is 1. The summed E-state index contributed by atoms with van der Waals surface area (Å²) in [5.41, 5.74) is 0.999. The van der Waals surface area contributed by atoms with Crippen molar-refractivity contribution in [2.75, 3.05) is 31.8 Å². The maximum absolute atomic E-state index is 11.5. The third-order valence-corrected chi connectivity index (χ3v) is 5.63. The van der Waals surface area contributed by atoms with Crippen LogP contribution >= 0.6 is 35.0 Å². The van der Waals surface area contributed by atoms with Crippen LogP contribution in [0.2, 0.25) is 10.0 Å². The van der Waals surface area contributed by atoms with E-state index in [0.717, 1.165) is 17.1 Å². The molecule has 0 bridgehead atoms. The Balaban J connectivity index is 2.46. The van der Waals surface area contributed by atoms with Gasteiger partial charge in [0, 0.05) is 5.56 Å². The van der Waals surface area contributed by atoms with Crippen LogP contribution in [0.3, 0.4) is 0 Å². The number of ether oxygens (including phenoxy) is 3. The molecule has 0 radical (unpaired) electrons. The average molecular weight is 459 g/mol. The van der Waals surface area contributed by atoms with Crippen molar-refractivity contribution in [3.05, 3.63) is 33.8 Å². The fourth-order valence-electron chi connectivity index (χ4n) is 2.51. The van der Waals surface area contributed by atoms with E-state index in [1.807, 2.05) is 19.1 Å². The van der Waals surface area contributed by atoms with Gasteiger partial charge in [0.05, 0.1) is 14.2 Å². The highest BCUT2D eigenvalue weighted by Crippen LogP contribution is 2.45. The Labute approximate surface area is 185 Å². The Hall–Kier alpha value is -1.83. The Morgan fingerprint density at radius 3 is 2.55 bits per heavy atom. The number of carbonyl (C=O) groups excluding carboxylic acids is 1. The molecule has 0 fully saturated rings. The Kier molecular flexibility index (Phi) is 8.74. The minimum Gasteiger partial charge on any atom is -0.496 e. The molecule has 9 heteroatoms. The van der Waals surface area contributed by atoms with Gasteiger partial charge in [0.2, 0.25) is 0 Å². The largest absolute Gasteiger partial charge is 0.496 e. The molecule has 1 aromatic carbocycles. The van der Waals surface area contributed by atoms with E-state index in [-0.39, 0.29) is 23.2 Å². The van der Waals surface area contributed by atoms with Crippen LogP contribution in [0.15, 0.2) is 23.2 Å². The van der Waals surface area contributed by atoms with Gasteiger partial charge in [-0.05, 0) is 29.9 Å². The van der Waals surface area contributed by atoms with Gasteiger partial charge >= 0.3 is 5.97 Å². The molecule has 1 N–H and O–H groups in total. The summed E-state index contributed by atoms with van der Waals surface area (Å²) in [5.74, 6) is 2.46. The highest BCUT2D eigenvalue weighted by atomic mass is 35.5. The topological polar surface area (TPSA) is 69.7 Å². The van der Waals surface area contributed by atoms with Crippen molar-refractivity contribution in [2.24, 2.45) is 0 Å². The van der Waals surface area contributed by atoms with E-state index < -0.39 is 5.97 Å². The minimum atomic E-state index is -0.443. The summed E-state index contributed by atoms with van der Waals surface area (Å²) in [5, 5.41) is 3.92. The van der Waals surface area contributed by atoms with E-state index in [2.05, 4.69) is 28.9 Å². The fraction of sp³-hybridized carbons (Fsp3) is 0.400. The van der Waals surface area contributed by atoms with E-state index in [4.69, 9.17) is 32.7 Å². The first-order valence-corrected chi connectivity index (χ1v) is 10.7. The number of pyridine rings is 1. The SMILES string of the molecule is CCSc1nc(NCC(=O)OC)c(Cl)c(Oc2ccc(OC)c(C(C)C)c2)c1Cl. The predicted octanol–water partition coefficient (Wildman–Crippen LogP) is 6.01. The number of halogens is 2. The van der Waals surface area contributed by atoms with Gasteiger partial charge in [0.1, 0.15) is 33.1 Å². The molecule has 0 spiro atoms. The molecule has 0 aliphatic rings. The number of carbonyl (C=O) groups is 1. The molecule has 0 amide bonds. The summed E-state index contributed by atoms with van der Waals surface area (Å²) in [6.07, 6.45) is 0. The van der Waals surface area contributed by atoms with Crippen molar-refractivity contribution in [1.29, 1.82) is 0 Å². The lowest BCUT2D eigenvalue weighted by Gasteiger charge is -2.17. The van der Waals surface area contributed by atoms with Crippen molar-refractivity contribution in [1.82, 2.24) is 4.98 Å². The highest BCUT2D eigenvalue weighted by Gasteiger charge is 2.21. The first-order chi connectivity index (χ1) is 13.8. The van der Waals surface area contributed by atoms with Crippen molar-refractivity contribution in [3.63, 3.8) is 0 Å². The maximum atomic E-state index is 11.5. The number of nitrogens with one attached hydrogen (secondary N) is 1. The lowest BCUT2D eigenvalue weighted by atomic mass is 10.0. The normalized spacial score (nSPS) is 10.8. The fourth-order valence-corrected chi connectivity index (χ4v) is 3.79. The number of aromatic nitrogens is 1. The van der Waals surface area contributed by atoms with Crippen LogP contribution < -0.4 is 14.8 Å². The van der Waals surface area contributed by atoms with Gasteiger partial charge in [0.25, 0.3) is 0 Å². The van der Waals surface area contributed by atoms with E-state index in [1.54, 1.807) is 13.2 Å². The zero-order valence-corrected chi connectivity index (χ0v) is 19.3.